The molecule has 0 aliphatic rings. The topological polar surface area (TPSA) is 71.7 Å². The van der Waals surface area contributed by atoms with Crippen molar-refractivity contribution in [2.24, 2.45) is 4.99 Å². The Morgan fingerprint density at radius 2 is 2.00 bits per heavy atom. The first kappa shape index (κ1) is 19.8. The second-order valence-electron chi connectivity index (χ2n) is 6.45. The third-order valence-corrected chi connectivity index (χ3v) is 4.00. The van der Waals surface area contributed by atoms with Crippen molar-refractivity contribution < 1.29 is 9.26 Å². The van der Waals surface area contributed by atoms with E-state index in [0.29, 0.717) is 12.5 Å². The van der Waals surface area contributed by atoms with Crippen LogP contribution in [0.25, 0.3) is 0 Å². The van der Waals surface area contributed by atoms with Crippen molar-refractivity contribution in [1.82, 2.24) is 15.8 Å². The van der Waals surface area contributed by atoms with Gasteiger partial charge in [-0.05, 0) is 43.4 Å². The molecule has 0 radical (unpaired) electrons. The highest BCUT2D eigenvalue weighted by molar-refractivity contribution is 5.79. The summed E-state index contributed by atoms with van der Waals surface area (Å²) in [7, 11) is 1.68. The van der Waals surface area contributed by atoms with E-state index in [1.54, 1.807) is 7.11 Å². The smallest absolute Gasteiger partial charge is 0.191 e. The number of rotatable bonds is 9. The van der Waals surface area contributed by atoms with Gasteiger partial charge in [0.1, 0.15) is 12.3 Å². The van der Waals surface area contributed by atoms with Gasteiger partial charge in [-0.3, -0.25) is 0 Å². The first-order chi connectivity index (χ1) is 12.6. The van der Waals surface area contributed by atoms with E-state index < -0.39 is 0 Å². The number of benzene rings is 1. The van der Waals surface area contributed by atoms with Crippen LogP contribution < -0.4 is 15.4 Å². The molecule has 142 valence electrons. The summed E-state index contributed by atoms with van der Waals surface area (Å²) in [6.45, 7) is 8.40. The highest BCUT2D eigenvalue weighted by Gasteiger charge is 2.07. The third kappa shape index (κ3) is 6.43. The van der Waals surface area contributed by atoms with Gasteiger partial charge in [-0.1, -0.05) is 31.1 Å². The van der Waals surface area contributed by atoms with E-state index in [-0.39, 0.29) is 0 Å². The Balaban J connectivity index is 1.78. The molecule has 0 fully saturated rings. The van der Waals surface area contributed by atoms with Gasteiger partial charge in [0.2, 0.25) is 0 Å². The molecule has 0 saturated carbocycles. The number of hydrogen-bond donors (Lipinski definition) is 2. The van der Waals surface area contributed by atoms with Crippen LogP contribution in [0.1, 0.15) is 50.1 Å². The number of guanidine groups is 1. The lowest BCUT2D eigenvalue weighted by molar-refractivity contribution is 0.376. The first-order valence-corrected chi connectivity index (χ1v) is 9.23. The third-order valence-electron chi connectivity index (χ3n) is 4.00. The fourth-order valence-corrected chi connectivity index (χ4v) is 2.47. The van der Waals surface area contributed by atoms with E-state index in [4.69, 9.17) is 9.26 Å². The Morgan fingerprint density at radius 3 is 2.62 bits per heavy atom. The van der Waals surface area contributed by atoms with Crippen molar-refractivity contribution >= 4 is 5.96 Å². The zero-order chi connectivity index (χ0) is 18.8. The Morgan fingerprint density at radius 1 is 1.23 bits per heavy atom. The maximum Gasteiger partial charge on any atom is 0.191 e. The van der Waals surface area contributed by atoms with Crippen LogP contribution in [-0.4, -0.2) is 31.3 Å². The lowest BCUT2D eigenvalue weighted by atomic mass is 10.1. The van der Waals surface area contributed by atoms with Gasteiger partial charge in [0, 0.05) is 19.2 Å². The standard InChI is InChI=1S/C20H30N4O2/c1-5-21-20(23-14-18-13-19(15(2)3)24-26-18)22-12-6-7-16-8-10-17(25-4)11-9-16/h8-11,13,15H,5-7,12,14H2,1-4H3,(H2,21,22,23). The van der Waals surface area contributed by atoms with Gasteiger partial charge in [-0.2, -0.15) is 0 Å². The molecule has 1 heterocycles. The molecule has 0 amide bonds. The minimum Gasteiger partial charge on any atom is -0.497 e. The normalized spacial score (nSPS) is 11.7. The maximum absolute atomic E-state index is 5.33. The average molecular weight is 358 g/mol. The molecule has 6 heteroatoms. The molecule has 1 aromatic heterocycles. The van der Waals surface area contributed by atoms with Gasteiger partial charge in [0.15, 0.2) is 11.7 Å². The summed E-state index contributed by atoms with van der Waals surface area (Å²) in [4.78, 5) is 4.57. The molecule has 0 aliphatic carbocycles. The molecule has 2 rings (SSSR count). The number of nitrogens with one attached hydrogen (secondary N) is 2. The Kier molecular flexibility index (Phi) is 7.99. The maximum atomic E-state index is 5.33. The molecule has 2 aromatic rings. The zero-order valence-electron chi connectivity index (χ0n) is 16.2. The Hall–Kier alpha value is -2.50. The Bertz CT molecular complexity index is 677. The van der Waals surface area contributed by atoms with Crippen molar-refractivity contribution in [1.29, 1.82) is 0 Å². The molecule has 0 spiro atoms. The number of methoxy groups -OCH3 is 1. The largest absolute Gasteiger partial charge is 0.497 e. The minimum absolute atomic E-state index is 0.362. The van der Waals surface area contributed by atoms with Crippen LogP contribution in [0.4, 0.5) is 0 Å². The van der Waals surface area contributed by atoms with Crippen LogP contribution >= 0.6 is 0 Å². The molecule has 0 aliphatic heterocycles. The van der Waals surface area contributed by atoms with Crippen LogP contribution in [0.15, 0.2) is 39.8 Å². The number of aryl methyl sites for hydroxylation is 1. The van der Waals surface area contributed by atoms with Crippen molar-refractivity contribution in [2.75, 3.05) is 20.2 Å². The summed E-state index contributed by atoms with van der Waals surface area (Å²) in [6.07, 6.45) is 2.03. The molecule has 0 saturated heterocycles. The second kappa shape index (κ2) is 10.5. The van der Waals surface area contributed by atoms with Gasteiger partial charge < -0.3 is 19.9 Å². The van der Waals surface area contributed by atoms with Crippen LogP contribution in [0, 0.1) is 0 Å². The van der Waals surface area contributed by atoms with Crippen molar-refractivity contribution in [3.05, 3.63) is 47.3 Å². The average Bonchev–Trinajstić information content (AvgIpc) is 3.13. The second-order valence-corrected chi connectivity index (χ2v) is 6.45. The highest BCUT2D eigenvalue weighted by atomic mass is 16.5. The van der Waals surface area contributed by atoms with Crippen LogP contribution in [0.3, 0.4) is 0 Å². The zero-order valence-corrected chi connectivity index (χ0v) is 16.2. The first-order valence-electron chi connectivity index (χ1n) is 9.23. The number of aromatic nitrogens is 1. The van der Waals surface area contributed by atoms with Gasteiger partial charge >= 0.3 is 0 Å². The van der Waals surface area contributed by atoms with Crippen LogP contribution in [-0.2, 0) is 13.0 Å². The summed E-state index contributed by atoms with van der Waals surface area (Å²) in [5, 5.41) is 10.7. The van der Waals surface area contributed by atoms with Crippen molar-refractivity contribution in [2.45, 2.75) is 46.1 Å². The fraction of sp³-hybridized carbons (Fsp3) is 0.500. The molecule has 26 heavy (non-hydrogen) atoms. The van der Waals surface area contributed by atoms with E-state index in [9.17, 15) is 0 Å². The van der Waals surface area contributed by atoms with E-state index in [1.165, 1.54) is 5.56 Å². The van der Waals surface area contributed by atoms with Crippen molar-refractivity contribution in [3.63, 3.8) is 0 Å². The lowest BCUT2D eigenvalue weighted by Crippen LogP contribution is -2.37. The lowest BCUT2D eigenvalue weighted by Gasteiger charge is -2.11. The van der Waals surface area contributed by atoms with Gasteiger partial charge in [-0.15, -0.1) is 0 Å². The molecule has 0 unspecified atom stereocenters. The summed E-state index contributed by atoms with van der Waals surface area (Å²) in [5.74, 6) is 2.83. The highest BCUT2D eigenvalue weighted by Crippen LogP contribution is 2.14. The minimum atomic E-state index is 0.362. The number of nitrogens with zero attached hydrogens (tertiary/aromatic N) is 2. The van der Waals surface area contributed by atoms with E-state index >= 15 is 0 Å². The Labute approximate surface area is 156 Å². The number of aliphatic imine (C=N–C) groups is 1. The molecular formula is C20H30N4O2. The number of hydrogen-bond acceptors (Lipinski definition) is 4. The van der Waals surface area contributed by atoms with Gasteiger partial charge in [0.25, 0.3) is 0 Å². The van der Waals surface area contributed by atoms with E-state index in [1.807, 2.05) is 18.2 Å². The quantitative estimate of drug-likeness (QED) is 0.408. The predicted molar refractivity (Wildman–Crippen MR) is 105 cm³/mol. The van der Waals surface area contributed by atoms with Gasteiger partial charge in [-0.25, -0.2) is 4.99 Å². The predicted octanol–water partition coefficient (Wildman–Crippen LogP) is 3.49. The van der Waals surface area contributed by atoms with E-state index in [2.05, 4.69) is 53.7 Å². The van der Waals surface area contributed by atoms with Crippen LogP contribution in [0.5, 0.6) is 5.75 Å². The monoisotopic (exact) mass is 358 g/mol. The van der Waals surface area contributed by atoms with Crippen molar-refractivity contribution in [3.8, 4) is 5.75 Å². The van der Waals surface area contributed by atoms with Crippen LogP contribution in [0.2, 0.25) is 0 Å². The number of ether oxygens (including phenoxy) is 1. The molecular weight excluding hydrogens is 328 g/mol. The summed E-state index contributed by atoms with van der Waals surface area (Å²) in [5.41, 5.74) is 2.27. The fourth-order valence-electron chi connectivity index (χ4n) is 2.47. The molecule has 0 bridgehead atoms. The molecule has 0 atom stereocenters. The molecule has 6 nitrogen and oxygen atoms in total. The summed E-state index contributed by atoms with van der Waals surface area (Å²) < 4.78 is 10.5. The summed E-state index contributed by atoms with van der Waals surface area (Å²) >= 11 is 0. The summed E-state index contributed by atoms with van der Waals surface area (Å²) in [6, 6.07) is 10.2. The molecule has 2 N–H and O–H groups in total. The van der Waals surface area contributed by atoms with Gasteiger partial charge in [0.05, 0.1) is 12.8 Å². The van der Waals surface area contributed by atoms with E-state index in [0.717, 1.165) is 49.1 Å². The SMILES string of the molecule is CCNC(=NCc1cc(C(C)C)no1)NCCCc1ccc(OC)cc1. The molecule has 1 aromatic carbocycles.